The zero-order chi connectivity index (χ0) is 14.9. The highest BCUT2D eigenvalue weighted by Gasteiger charge is 2.12. The van der Waals surface area contributed by atoms with Crippen LogP contribution in [-0.2, 0) is 0 Å². The summed E-state index contributed by atoms with van der Waals surface area (Å²) in [6.07, 6.45) is 1.33. The van der Waals surface area contributed by atoms with E-state index in [-0.39, 0.29) is 10.6 Å². The molecular weight excluding hydrogens is 344 g/mol. The molecule has 104 valence electrons. The van der Waals surface area contributed by atoms with Gasteiger partial charge in [0.25, 0.3) is 0 Å². The van der Waals surface area contributed by atoms with E-state index in [0.717, 1.165) is 21.3 Å². The number of carboxylic acid groups (broad SMARTS) is 1. The molecule has 2 aromatic rings. The summed E-state index contributed by atoms with van der Waals surface area (Å²) in [7, 11) is 0. The van der Waals surface area contributed by atoms with E-state index in [0.29, 0.717) is 5.82 Å². The fourth-order valence-electron chi connectivity index (χ4n) is 1.91. The number of pyridine rings is 1. The second-order valence-electron chi connectivity index (χ2n) is 4.39. The van der Waals surface area contributed by atoms with Crippen LogP contribution in [0.3, 0.4) is 0 Å². The van der Waals surface area contributed by atoms with E-state index in [1.807, 2.05) is 26.0 Å². The van der Waals surface area contributed by atoms with Crippen molar-refractivity contribution in [3.05, 3.63) is 50.6 Å². The van der Waals surface area contributed by atoms with Crippen LogP contribution in [-0.4, -0.2) is 16.1 Å². The average molecular weight is 356 g/mol. The van der Waals surface area contributed by atoms with Crippen LogP contribution in [0.2, 0.25) is 5.02 Å². The summed E-state index contributed by atoms with van der Waals surface area (Å²) in [6, 6.07) is 5.37. The zero-order valence-corrected chi connectivity index (χ0v) is 13.2. The van der Waals surface area contributed by atoms with E-state index in [9.17, 15) is 4.79 Å². The quantitative estimate of drug-likeness (QED) is 0.847. The van der Waals surface area contributed by atoms with Crippen LogP contribution in [0.5, 0.6) is 0 Å². The number of anilines is 2. The lowest BCUT2D eigenvalue weighted by Gasteiger charge is -2.13. The van der Waals surface area contributed by atoms with Crippen LogP contribution >= 0.6 is 27.5 Å². The molecule has 0 spiro atoms. The first-order valence-electron chi connectivity index (χ1n) is 5.81. The van der Waals surface area contributed by atoms with E-state index in [1.165, 1.54) is 12.3 Å². The third-order valence-corrected chi connectivity index (χ3v) is 3.60. The second-order valence-corrected chi connectivity index (χ2v) is 5.72. The van der Waals surface area contributed by atoms with Crippen LogP contribution < -0.4 is 5.32 Å². The summed E-state index contributed by atoms with van der Waals surface area (Å²) < 4.78 is 0.994. The number of benzene rings is 1. The Balaban J connectivity index is 2.41. The highest BCUT2D eigenvalue weighted by molar-refractivity contribution is 9.10. The van der Waals surface area contributed by atoms with Gasteiger partial charge in [-0.05, 0) is 43.2 Å². The minimum Gasteiger partial charge on any atom is -0.478 e. The van der Waals surface area contributed by atoms with Gasteiger partial charge in [-0.3, -0.25) is 0 Å². The van der Waals surface area contributed by atoms with E-state index in [1.54, 1.807) is 0 Å². The molecule has 0 aliphatic heterocycles. The van der Waals surface area contributed by atoms with Gasteiger partial charge in [-0.25, -0.2) is 9.78 Å². The Morgan fingerprint density at radius 2 is 1.90 bits per heavy atom. The molecule has 1 heterocycles. The molecule has 0 amide bonds. The third-order valence-electron chi connectivity index (χ3n) is 2.84. The van der Waals surface area contributed by atoms with Crippen molar-refractivity contribution >= 4 is 45.0 Å². The molecule has 1 aromatic carbocycles. The number of hydrogen-bond acceptors (Lipinski definition) is 3. The molecular formula is C14H12BrClN2O2. The molecule has 0 aliphatic rings. The summed E-state index contributed by atoms with van der Waals surface area (Å²) in [4.78, 5) is 15.2. The van der Waals surface area contributed by atoms with Crippen LogP contribution in [0.25, 0.3) is 0 Å². The molecule has 4 nitrogen and oxygen atoms in total. The summed E-state index contributed by atoms with van der Waals surface area (Å²) in [5.41, 5.74) is 2.99. The van der Waals surface area contributed by atoms with Gasteiger partial charge in [0.2, 0.25) is 0 Å². The number of aryl methyl sites for hydroxylation is 2. The van der Waals surface area contributed by atoms with Crippen molar-refractivity contribution in [1.29, 1.82) is 0 Å². The average Bonchev–Trinajstić information content (AvgIpc) is 2.35. The van der Waals surface area contributed by atoms with Crippen molar-refractivity contribution in [3.63, 3.8) is 0 Å². The molecule has 0 saturated heterocycles. The minimum atomic E-state index is -1.08. The second kappa shape index (κ2) is 5.81. The molecule has 0 bridgehead atoms. The number of rotatable bonds is 3. The normalized spacial score (nSPS) is 10.4. The van der Waals surface area contributed by atoms with Gasteiger partial charge in [0.05, 0.1) is 10.6 Å². The lowest BCUT2D eigenvalue weighted by atomic mass is 10.1. The van der Waals surface area contributed by atoms with Gasteiger partial charge in [-0.2, -0.15) is 0 Å². The monoisotopic (exact) mass is 354 g/mol. The number of aromatic carboxylic acids is 1. The molecule has 2 N–H and O–H groups in total. The van der Waals surface area contributed by atoms with E-state index < -0.39 is 5.97 Å². The Kier molecular flexibility index (Phi) is 4.30. The number of aromatic nitrogens is 1. The Hall–Kier alpha value is -1.59. The molecule has 20 heavy (non-hydrogen) atoms. The van der Waals surface area contributed by atoms with Crippen LogP contribution in [0.1, 0.15) is 21.5 Å². The molecule has 0 fully saturated rings. The fraction of sp³-hybridized carbons (Fsp3) is 0.143. The van der Waals surface area contributed by atoms with E-state index in [4.69, 9.17) is 16.7 Å². The molecule has 0 unspecified atom stereocenters. The number of nitrogens with one attached hydrogen (secondary N) is 1. The molecule has 0 aliphatic carbocycles. The highest BCUT2D eigenvalue weighted by atomic mass is 79.9. The van der Waals surface area contributed by atoms with Crippen LogP contribution in [0.15, 0.2) is 28.9 Å². The van der Waals surface area contributed by atoms with Gasteiger partial charge in [0, 0.05) is 16.4 Å². The first kappa shape index (κ1) is 14.8. The smallest absolute Gasteiger partial charge is 0.337 e. The number of nitrogens with zero attached hydrogens (tertiary/aromatic N) is 1. The number of halogens is 2. The van der Waals surface area contributed by atoms with E-state index >= 15 is 0 Å². The number of hydrogen-bond donors (Lipinski definition) is 2. The molecule has 0 saturated carbocycles. The number of carboxylic acids is 1. The van der Waals surface area contributed by atoms with Crippen LogP contribution in [0.4, 0.5) is 11.5 Å². The summed E-state index contributed by atoms with van der Waals surface area (Å²) >= 11 is 9.23. The first-order valence-corrected chi connectivity index (χ1v) is 6.98. The Morgan fingerprint density at radius 1 is 1.30 bits per heavy atom. The Bertz CT molecular complexity index is 666. The summed E-state index contributed by atoms with van der Waals surface area (Å²) in [5, 5.41) is 12.3. The SMILES string of the molecule is Cc1cc(Br)cc(C)c1Nc1cc(C(=O)O)c(Cl)cn1. The lowest BCUT2D eigenvalue weighted by Crippen LogP contribution is -2.03. The van der Waals surface area contributed by atoms with Gasteiger partial charge in [0.1, 0.15) is 5.82 Å². The van der Waals surface area contributed by atoms with Crippen molar-refractivity contribution < 1.29 is 9.90 Å². The third kappa shape index (κ3) is 3.11. The van der Waals surface area contributed by atoms with E-state index in [2.05, 4.69) is 26.2 Å². The van der Waals surface area contributed by atoms with Gasteiger partial charge in [-0.1, -0.05) is 27.5 Å². The molecule has 6 heteroatoms. The van der Waals surface area contributed by atoms with Crippen LogP contribution in [0, 0.1) is 13.8 Å². The van der Waals surface area contributed by atoms with Crippen molar-refractivity contribution in [2.24, 2.45) is 0 Å². The first-order chi connectivity index (χ1) is 9.38. The molecule has 2 rings (SSSR count). The standard InChI is InChI=1S/C14H12BrClN2O2/c1-7-3-9(15)4-8(2)13(7)18-12-5-10(14(19)20)11(16)6-17-12/h3-6H,1-2H3,(H,17,18)(H,19,20). The predicted octanol–water partition coefficient (Wildman–Crippen LogP) is 4.56. The highest BCUT2D eigenvalue weighted by Crippen LogP contribution is 2.28. The fourth-order valence-corrected chi connectivity index (χ4v) is 2.78. The van der Waals surface area contributed by atoms with Crippen molar-refractivity contribution in [2.45, 2.75) is 13.8 Å². The lowest BCUT2D eigenvalue weighted by molar-refractivity contribution is 0.0697. The summed E-state index contributed by atoms with van der Waals surface area (Å²) in [6.45, 7) is 3.93. The molecule has 1 aromatic heterocycles. The maximum atomic E-state index is 11.1. The van der Waals surface area contributed by atoms with Gasteiger partial charge in [-0.15, -0.1) is 0 Å². The van der Waals surface area contributed by atoms with Crippen molar-refractivity contribution in [1.82, 2.24) is 4.98 Å². The Morgan fingerprint density at radius 3 is 2.45 bits per heavy atom. The zero-order valence-electron chi connectivity index (χ0n) is 10.9. The Labute approximate surface area is 129 Å². The maximum absolute atomic E-state index is 11.1. The molecule has 0 atom stereocenters. The van der Waals surface area contributed by atoms with Gasteiger partial charge < -0.3 is 10.4 Å². The topological polar surface area (TPSA) is 62.2 Å². The summed E-state index contributed by atoms with van der Waals surface area (Å²) in [5.74, 6) is -0.634. The maximum Gasteiger partial charge on any atom is 0.337 e. The molecule has 0 radical (unpaired) electrons. The van der Waals surface area contributed by atoms with Crippen molar-refractivity contribution in [2.75, 3.05) is 5.32 Å². The van der Waals surface area contributed by atoms with Gasteiger partial charge >= 0.3 is 5.97 Å². The van der Waals surface area contributed by atoms with Gasteiger partial charge in [0.15, 0.2) is 0 Å². The number of carbonyl (C=O) groups is 1. The van der Waals surface area contributed by atoms with Crippen molar-refractivity contribution in [3.8, 4) is 0 Å². The predicted molar refractivity (Wildman–Crippen MR) is 83.1 cm³/mol. The minimum absolute atomic E-state index is 0.0246. The largest absolute Gasteiger partial charge is 0.478 e.